The van der Waals surface area contributed by atoms with Gasteiger partial charge in [0.15, 0.2) is 0 Å². The third kappa shape index (κ3) is 3.96. The summed E-state index contributed by atoms with van der Waals surface area (Å²) in [5.41, 5.74) is 0.0354. The summed E-state index contributed by atoms with van der Waals surface area (Å²) in [4.78, 5) is 12.2. The van der Waals surface area contributed by atoms with Gasteiger partial charge in [-0.25, -0.2) is 0 Å². The van der Waals surface area contributed by atoms with Crippen LogP contribution in [0.25, 0.3) is 0 Å². The number of rotatable bonds is 5. The topological polar surface area (TPSA) is 50.4 Å². The SMILES string of the molecule is CCC(COC)NC(=O)C1NCCCC1(C)C. The average molecular weight is 242 g/mol. The molecule has 0 radical (unpaired) electrons. The molecule has 0 saturated carbocycles. The predicted molar refractivity (Wildman–Crippen MR) is 68.9 cm³/mol. The van der Waals surface area contributed by atoms with Gasteiger partial charge >= 0.3 is 0 Å². The van der Waals surface area contributed by atoms with Crippen molar-refractivity contribution < 1.29 is 9.53 Å². The molecule has 0 aliphatic carbocycles. The first-order valence-electron chi connectivity index (χ1n) is 6.54. The van der Waals surface area contributed by atoms with Crippen molar-refractivity contribution in [2.24, 2.45) is 5.41 Å². The Labute approximate surface area is 104 Å². The quantitative estimate of drug-likeness (QED) is 0.764. The van der Waals surface area contributed by atoms with E-state index < -0.39 is 0 Å². The average Bonchev–Trinajstić information content (AvgIpc) is 2.27. The van der Waals surface area contributed by atoms with E-state index >= 15 is 0 Å². The molecule has 1 rings (SSSR count). The molecule has 4 nitrogen and oxygen atoms in total. The smallest absolute Gasteiger partial charge is 0.237 e. The Kier molecular flexibility index (Phi) is 5.40. The maximum atomic E-state index is 12.2. The molecule has 1 aliphatic rings. The van der Waals surface area contributed by atoms with E-state index in [4.69, 9.17) is 4.74 Å². The highest BCUT2D eigenvalue weighted by molar-refractivity contribution is 5.83. The summed E-state index contributed by atoms with van der Waals surface area (Å²) in [6.07, 6.45) is 3.14. The zero-order valence-corrected chi connectivity index (χ0v) is 11.5. The van der Waals surface area contributed by atoms with Crippen LogP contribution in [0, 0.1) is 5.41 Å². The van der Waals surface area contributed by atoms with Gasteiger partial charge in [-0.2, -0.15) is 0 Å². The van der Waals surface area contributed by atoms with Crippen LogP contribution < -0.4 is 10.6 Å². The number of hydrogen-bond donors (Lipinski definition) is 2. The van der Waals surface area contributed by atoms with Gasteiger partial charge < -0.3 is 15.4 Å². The van der Waals surface area contributed by atoms with E-state index in [2.05, 4.69) is 31.4 Å². The van der Waals surface area contributed by atoms with Gasteiger partial charge in [-0.3, -0.25) is 4.79 Å². The Bertz CT molecular complexity index is 254. The van der Waals surface area contributed by atoms with Gasteiger partial charge in [-0.05, 0) is 31.2 Å². The second kappa shape index (κ2) is 6.36. The number of methoxy groups -OCH3 is 1. The van der Waals surface area contributed by atoms with Crippen LogP contribution in [0.2, 0.25) is 0 Å². The molecule has 2 atom stereocenters. The number of nitrogens with one attached hydrogen (secondary N) is 2. The van der Waals surface area contributed by atoms with E-state index in [0.717, 1.165) is 25.8 Å². The number of carbonyl (C=O) groups excluding carboxylic acids is 1. The summed E-state index contributed by atoms with van der Waals surface area (Å²) < 4.78 is 5.10. The lowest BCUT2D eigenvalue weighted by Gasteiger charge is -2.38. The van der Waals surface area contributed by atoms with Gasteiger partial charge in [0.2, 0.25) is 5.91 Å². The van der Waals surface area contributed by atoms with Gasteiger partial charge in [-0.1, -0.05) is 20.8 Å². The summed E-state index contributed by atoms with van der Waals surface area (Å²) >= 11 is 0. The maximum absolute atomic E-state index is 12.2. The lowest BCUT2D eigenvalue weighted by molar-refractivity contribution is -0.127. The molecule has 1 amide bonds. The van der Waals surface area contributed by atoms with Crippen molar-refractivity contribution in [3.63, 3.8) is 0 Å². The molecule has 4 heteroatoms. The number of ether oxygens (including phenoxy) is 1. The lowest BCUT2D eigenvalue weighted by atomic mass is 9.77. The van der Waals surface area contributed by atoms with Crippen molar-refractivity contribution in [3.05, 3.63) is 0 Å². The Morgan fingerprint density at radius 3 is 2.82 bits per heavy atom. The van der Waals surface area contributed by atoms with E-state index in [-0.39, 0.29) is 23.4 Å². The van der Waals surface area contributed by atoms with E-state index in [0.29, 0.717) is 6.61 Å². The Morgan fingerprint density at radius 1 is 1.59 bits per heavy atom. The fraction of sp³-hybridized carbons (Fsp3) is 0.923. The van der Waals surface area contributed by atoms with E-state index in [1.165, 1.54) is 0 Å². The molecule has 1 aliphatic heterocycles. The second-order valence-electron chi connectivity index (χ2n) is 5.55. The summed E-state index contributed by atoms with van der Waals surface area (Å²) in [5, 5.41) is 6.39. The van der Waals surface area contributed by atoms with Gasteiger partial charge in [0, 0.05) is 7.11 Å². The number of carbonyl (C=O) groups is 1. The normalized spacial score (nSPS) is 25.3. The van der Waals surface area contributed by atoms with Crippen LogP contribution >= 0.6 is 0 Å². The van der Waals surface area contributed by atoms with Crippen LogP contribution in [0.5, 0.6) is 0 Å². The van der Waals surface area contributed by atoms with Crippen molar-refractivity contribution in [2.75, 3.05) is 20.3 Å². The lowest BCUT2D eigenvalue weighted by Crippen LogP contribution is -2.57. The highest BCUT2D eigenvalue weighted by Gasteiger charge is 2.37. The fourth-order valence-electron chi connectivity index (χ4n) is 2.41. The second-order valence-corrected chi connectivity index (χ2v) is 5.55. The minimum Gasteiger partial charge on any atom is -0.383 e. The van der Waals surface area contributed by atoms with Crippen LogP contribution in [-0.4, -0.2) is 38.3 Å². The third-order valence-corrected chi connectivity index (χ3v) is 3.60. The highest BCUT2D eigenvalue weighted by Crippen LogP contribution is 2.30. The monoisotopic (exact) mass is 242 g/mol. The van der Waals surface area contributed by atoms with Crippen molar-refractivity contribution in [1.29, 1.82) is 0 Å². The van der Waals surface area contributed by atoms with E-state index in [1.54, 1.807) is 7.11 Å². The third-order valence-electron chi connectivity index (χ3n) is 3.60. The molecule has 0 bridgehead atoms. The Hall–Kier alpha value is -0.610. The molecule has 1 fully saturated rings. The summed E-state index contributed by atoms with van der Waals surface area (Å²) in [6.45, 7) is 7.88. The first-order valence-corrected chi connectivity index (χ1v) is 6.54. The van der Waals surface area contributed by atoms with Gasteiger partial charge in [0.05, 0.1) is 18.7 Å². The molecular formula is C13H26N2O2. The predicted octanol–water partition coefficient (Wildman–Crippen LogP) is 1.31. The largest absolute Gasteiger partial charge is 0.383 e. The maximum Gasteiger partial charge on any atom is 0.237 e. The molecular weight excluding hydrogens is 216 g/mol. The standard InChI is InChI=1S/C13H26N2O2/c1-5-10(9-17-4)15-12(16)11-13(2,3)7-6-8-14-11/h10-11,14H,5-9H2,1-4H3,(H,15,16). The zero-order chi connectivity index (χ0) is 12.9. The van der Waals surface area contributed by atoms with Gasteiger partial charge in [-0.15, -0.1) is 0 Å². The van der Waals surface area contributed by atoms with Gasteiger partial charge in [0.1, 0.15) is 0 Å². The highest BCUT2D eigenvalue weighted by atomic mass is 16.5. The molecule has 0 aromatic carbocycles. The molecule has 0 aromatic heterocycles. The first-order chi connectivity index (χ1) is 8.01. The van der Waals surface area contributed by atoms with E-state index in [9.17, 15) is 4.79 Å². The molecule has 17 heavy (non-hydrogen) atoms. The molecule has 1 heterocycles. The van der Waals surface area contributed by atoms with Gasteiger partial charge in [0.25, 0.3) is 0 Å². The van der Waals surface area contributed by atoms with Crippen LogP contribution in [0.3, 0.4) is 0 Å². The van der Waals surface area contributed by atoms with Crippen LogP contribution in [-0.2, 0) is 9.53 Å². The molecule has 2 N–H and O–H groups in total. The molecule has 100 valence electrons. The molecule has 2 unspecified atom stereocenters. The minimum atomic E-state index is -0.0813. The van der Waals surface area contributed by atoms with Crippen molar-refractivity contribution in [2.45, 2.75) is 52.1 Å². The zero-order valence-electron chi connectivity index (χ0n) is 11.5. The number of piperidine rings is 1. The number of amides is 1. The van der Waals surface area contributed by atoms with Crippen LogP contribution in [0.15, 0.2) is 0 Å². The Morgan fingerprint density at radius 2 is 2.29 bits per heavy atom. The van der Waals surface area contributed by atoms with Crippen molar-refractivity contribution in [1.82, 2.24) is 10.6 Å². The summed E-state index contributed by atoms with van der Waals surface area (Å²) in [5.74, 6) is 0.110. The number of hydrogen-bond acceptors (Lipinski definition) is 3. The van der Waals surface area contributed by atoms with Crippen LogP contribution in [0.4, 0.5) is 0 Å². The molecule has 0 aromatic rings. The van der Waals surface area contributed by atoms with Crippen molar-refractivity contribution >= 4 is 5.91 Å². The van der Waals surface area contributed by atoms with Crippen molar-refractivity contribution in [3.8, 4) is 0 Å². The molecule has 1 saturated heterocycles. The van der Waals surface area contributed by atoms with Crippen LogP contribution in [0.1, 0.15) is 40.0 Å². The summed E-state index contributed by atoms with van der Waals surface area (Å²) in [7, 11) is 1.66. The molecule has 0 spiro atoms. The minimum absolute atomic E-state index is 0.0354. The first kappa shape index (κ1) is 14.5. The summed E-state index contributed by atoms with van der Waals surface area (Å²) in [6, 6.07) is 0.0363. The van der Waals surface area contributed by atoms with E-state index in [1.807, 2.05) is 0 Å². The Balaban J connectivity index is 2.55. The fourth-order valence-corrected chi connectivity index (χ4v) is 2.41.